The van der Waals surface area contributed by atoms with E-state index in [2.05, 4.69) is 10.3 Å². The highest BCUT2D eigenvalue weighted by Crippen LogP contribution is 2.21. The molecule has 0 aliphatic carbocycles. The number of ether oxygens (including phenoxy) is 1. The van der Waals surface area contributed by atoms with Crippen molar-refractivity contribution in [3.63, 3.8) is 0 Å². The number of hydrogen-bond acceptors (Lipinski definition) is 5. The van der Waals surface area contributed by atoms with Gasteiger partial charge in [0.1, 0.15) is 6.54 Å². The highest BCUT2D eigenvalue weighted by atomic mass is 32.1. The molecule has 1 aromatic heterocycles. The van der Waals surface area contributed by atoms with E-state index in [0.29, 0.717) is 11.7 Å². The summed E-state index contributed by atoms with van der Waals surface area (Å²) in [5, 5.41) is 3.39. The zero-order valence-electron chi connectivity index (χ0n) is 14.9. The Bertz CT molecular complexity index is 562. The van der Waals surface area contributed by atoms with Crippen LogP contribution in [0.4, 0.5) is 5.13 Å². The van der Waals surface area contributed by atoms with Gasteiger partial charge in [0.15, 0.2) is 5.13 Å². The Balaban J connectivity index is 1.99. The topological polar surface area (TPSA) is 71.5 Å². The number of aryl methyl sites for hydroxylation is 2. The van der Waals surface area contributed by atoms with Crippen LogP contribution in [0, 0.1) is 19.8 Å². The molecule has 7 heteroatoms. The van der Waals surface area contributed by atoms with Crippen LogP contribution in [0.2, 0.25) is 0 Å². The molecule has 2 unspecified atom stereocenters. The first-order chi connectivity index (χ1) is 11.4. The fourth-order valence-corrected chi connectivity index (χ4v) is 3.44. The van der Waals surface area contributed by atoms with E-state index in [1.54, 1.807) is 4.90 Å². The minimum absolute atomic E-state index is 0.00894. The molecule has 0 radical (unpaired) electrons. The van der Waals surface area contributed by atoms with Crippen molar-refractivity contribution in [1.29, 1.82) is 0 Å². The van der Waals surface area contributed by atoms with Gasteiger partial charge in [-0.05, 0) is 33.1 Å². The molecule has 1 N–H and O–H groups in total. The van der Waals surface area contributed by atoms with Gasteiger partial charge in [0, 0.05) is 23.9 Å². The van der Waals surface area contributed by atoms with Gasteiger partial charge in [-0.25, -0.2) is 4.98 Å². The van der Waals surface area contributed by atoms with E-state index in [4.69, 9.17) is 4.74 Å². The van der Waals surface area contributed by atoms with Crippen LogP contribution in [0.15, 0.2) is 0 Å². The number of hydrogen-bond donors (Lipinski definition) is 1. The van der Waals surface area contributed by atoms with Crippen molar-refractivity contribution in [1.82, 2.24) is 9.88 Å². The molecule has 0 bridgehead atoms. The van der Waals surface area contributed by atoms with Gasteiger partial charge in [-0.15, -0.1) is 11.3 Å². The first kappa shape index (κ1) is 18.9. The molecule has 1 saturated heterocycles. The minimum Gasteiger partial charge on any atom is -0.376 e. The van der Waals surface area contributed by atoms with E-state index in [0.717, 1.165) is 36.4 Å². The van der Waals surface area contributed by atoms with Crippen LogP contribution < -0.4 is 5.32 Å². The van der Waals surface area contributed by atoms with Crippen LogP contribution in [0.25, 0.3) is 0 Å². The normalized spacial score (nSPS) is 18.4. The molecule has 0 aromatic carbocycles. The molecular formula is C17H27N3O3S. The molecule has 2 rings (SSSR count). The molecule has 2 amide bonds. The maximum absolute atomic E-state index is 12.6. The quantitative estimate of drug-likeness (QED) is 0.818. The van der Waals surface area contributed by atoms with Gasteiger partial charge in [-0.1, -0.05) is 13.8 Å². The maximum atomic E-state index is 12.6. The average Bonchev–Trinajstić information content (AvgIpc) is 3.15. The lowest BCUT2D eigenvalue weighted by Gasteiger charge is -2.27. The summed E-state index contributed by atoms with van der Waals surface area (Å²) in [5.74, 6) is -0.295. The number of thiazole rings is 1. The van der Waals surface area contributed by atoms with Gasteiger partial charge in [0.25, 0.3) is 0 Å². The van der Waals surface area contributed by atoms with E-state index in [-0.39, 0.29) is 30.4 Å². The average molecular weight is 353 g/mol. The zero-order valence-corrected chi connectivity index (χ0v) is 15.7. The van der Waals surface area contributed by atoms with Gasteiger partial charge >= 0.3 is 0 Å². The third kappa shape index (κ3) is 5.01. The summed E-state index contributed by atoms with van der Waals surface area (Å²) >= 11 is 1.45. The van der Waals surface area contributed by atoms with E-state index in [1.807, 2.05) is 27.7 Å². The predicted octanol–water partition coefficient (Wildman–Crippen LogP) is 2.75. The lowest BCUT2D eigenvalue weighted by atomic mass is 10.1. The van der Waals surface area contributed by atoms with Gasteiger partial charge in [-0.3, -0.25) is 9.59 Å². The van der Waals surface area contributed by atoms with Crippen molar-refractivity contribution in [2.24, 2.45) is 5.92 Å². The summed E-state index contributed by atoms with van der Waals surface area (Å²) in [6.45, 7) is 9.02. The molecule has 2 atom stereocenters. The van der Waals surface area contributed by atoms with Crippen LogP contribution >= 0.6 is 11.3 Å². The van der Waals surface area contributed by atoms with E-state index in [1.165, 1.54) is 11.3 Å². The Morgan fingerprint density at radius 3 is 2.75 bits per heavy atom. The Labute approximate surface area is 147 Å². The Morgan fingerprint density at radius 1 is 1.46 bits per heavy atom. The van der Waals surface area contributed by atoms with Crippen molar-refractivity contribution >= 4 is 28.3 Å². The number of carbonyl (C=O) groups excluding carboxylic acids is 2. The summed E-state index contributed by atoms with van der Waals surface area (Å²) in [6.07, 6.45) is 2.75. The minimum atomic E-state index is -0.210. The molecule has 2 heterocycles. The summed E-state index contributed by atoms with van der Waals surface area (Å²) in [6, 6.07) is 0. The molecule has 0 saturated carbocycles. The number of carbonyl (C=O) groups is 2. The van der Waals surface area contributed by atoms with Crippen LogP contribution in [-0.4, -0.2) is 47.5 Å². The van der Waals surface area contributed by atoms with E-state index < -0.39 is 0 Å². The number of rotatable bonds is 7. The number of anilines is 1. The SMILES string of the molecule is CCC(C)C(=O)N(CC(=O)Nc1nc(C)c(C)s1)CC1CCCO1. The van der Waals surface area contributed by atoms with Crippen LogP contribution in [0.3, 0.4) is 0 Å². The highest BCUT2D eigenvalue weighted by molar-refractivity contribution is 7.15. The summed E-state index contributed by atoms with van der Waals surface area (Å²) in [7, 11) is 0. The smallest absolute Gasteiger partial charge is 0.245 e. The van der Waals surface area contributed by atoms with Crippen molar-refractivity contribution in [2.45, 2.75) is 53.1 Å². The third-order valence-electron chi connectivity index (χ3n) is 4.40. The van der Waals surface area contributed by atoms with Gasteiger partial charge in [-0.2, -0.15) is 0 Å². The van der Waals surface area contributed by atoms with Gasteiger partial charge in [0.05, 0.1) is 11.8 Å². The highest BCUT2D eigenvalue weighted by Gasteiger charge is 2.26. The van der Waals surface area contributed by atoms with Crippen LogP contribution in [0.1, 0.15) is 43.7 Å². The van der Waals surface area contributed by atoms with E-state index in [9.17, 15) is 9.59 Å². The second kappa shape index (κ2) is 8.58. The number of nitrogens with one attached hydrogen (secondary N) is 1. The molecule has 6 nitrogen and oxygen atoms in total. The van der Waals surface area contributed by atoms with Crippen LogP contribution in [0.5, 0.6) is 0 Å². The van der Waals surface area contributed by atoms with Gasteiger partial charge < -0.3 is 15.0 Å². The second-order valence-electron chi connectivity index (χ2n) is 6.37. The Hall–Kier alpha value is -1.47. The standard InChI is InChI=1S/C17H27N3O3S/c1-5-11(2)16(22)20(9-14-7-6-8-23-14)10-15(21)19-17-18-12(3)13(4)24-17/h11,14H,5-10H2,1-4H3,(H,18,19,21). The molecule has 0 spiro atoms. The van der Waals surface area contributed by atoms with Crippen LogP contribution in [-0.2, 0) is 14.3 Å². The molecule has 1 aliphatic heterocycles. The van der Waals surface area contributed by atoms with Crippen molar-refractivity contribution in [3.8, 4) is 0 Å². The van der Waals surface area contributed by atoms with E-state index >= 15 is 0 Å². The number of nitrogens with zero attached hydrogens (tertiary/aromatic N) is 2. The summed E-state index contributed by atoms with van der Waals surface area (Å²) in [5.41, 5.74) is 0.919. The maximum Gasteiger partial charge on any atom is 0.245 e. The number of amides is 2. The van der Waals surface area contributed by atoms with Crippen molar-refractivity contribution in [2.75, 3.05) is 25.0 Å². The van der Waals surface area contributed by atoms with Crippen molar-refractivity contribution in [3.05, 3.63) is 10.6 Å². The largest absolute Gasteiger partial charge is 0.376 e. The molecule has 1 fully saturated rings. The molecular weight excluding hydrogens is 326 g/mol. The summed E-state index contributed by atoms with van der Waals surface area (Å²) < 4.78 is 5.63. The summed E-state index contributed by atoms with van der Waals surface area (Å²) in [4.78, 5) is 32.0. The molecule has 1 aliphatic rings. The van der Waals surface area contributed by atoms with Crippen molar-refractivity contribution < 1.29 is 14.3 Å². The van der Waals surface area contributed by atoms with Gasteiger partial charge in [0.2, 0.25) is 11.8 Å². The Morgan fingerprint density at radius 2 is 2.21 bits per heavy atom. The monoisotopic (exact) mass is 353 g/mol. The zero-order chi connectivity index (χ0) is 17.7. The lowest BCUT2D eigenvalue weighted by molar-refractivity contribution is -0.139. The predicted molar refractivity (Wildman–Crippen MR) is 95.2 cm³/mol. The second-order valence-corrected chi connectivity index (χ2v) is 7.58. The third-order valence-corrected chi connectivity index (χ3v) is 5.39. The lowest BCUT2D eigenvalue weighted by Crippen LogP contribution is -2.44. The Kier molecular flexibility index (Phi) is 6.74. The molecule has 24 heavy (non-hydrogen) atoms. The first-order valence-corrected chi connectivity index (χ1v) is 9.36. The fraction of sp³-hybridized carbons (Fsp3) is 0.706. The fourth-order valence-electron chi connectivity index (χ4n) is 2.61. The molecule has 1 aromatic rings. The number of aromatic nitrogens is 1. The first-order valence-electron chi connectivity index (χ1n) is 8.55. The molecule has 134 valence electrons.